The molecular weight excluding hydrogens is 442 g/mol. The van der Waals surface area contributed by atoms with Crippen LogP contribution < -0.4 is 0 Å². The van der Waals surface area contributed by atoms with Gasteiger partial charge < -0.3 is 9.47 Å². The molecule has 0 spiro atoms. The van der Waals surface area contributed by atoms with E-state index in [2.05, 4.69) is 6.92 Å². The molecule has 2 unspecified atom stereocenters. The van der Waals surface area contributed by atoms with Gasteiger partial charge >= 0.3 is 5.97 Å². The van der Waals surface area contributed by atoms with Gasteiger partial charge in [-0.2, -0.15) is 0 Å². The van der Waals surface area contributed by atoms with E-state index in [1.807, 2.05) is 0 Å². The molecule has 2 aliphatic carbocycles. The van der Waals surface area contributed by atoms with Crippen molar-refractivity contribution in [3.63, 3.8) is 0 Å². The lowest BCUT2D eigenvalue weighted by molar-refractivity contribution is -0.294. The first-order valence-electron chi connectivity index (χ1n) is 13.9. The van der Waals surface area contributed by atoms with Gasteiger partial charge in [0.05, 0.1) is 18.6 Å². The topological polar surface area (TPSA) is 65.0 Å². The lowest BCUT2D eigenvalue weighted by Crippen LogP contribution is -2.35. The average Bonchev–Trinajstić information content (AvgIpc) is 2.84. The second-order valence-corrected chi connectivity index (χ2v) is 10.4. The largest absolute Gasteiger partial charge is 0.463 e. The molecule has 7 heteroatoms. The third-order valence-corrected chi connectivity index (χ3v) is 7.63. The first-order valence-corrected chi connectivity index (χ1v) is 13.9. The maximum atomic E-state index is 13.5. The van der Waals surface area contributed by atoms with E-state index < -0.39 is 24.4 Å². The summed E-state index contributed by atoms with van der Waals surface area (Å²) in [5, 5.41) is 9.65. The van der Waals surface area contributed by atoms with E-state index >= 15 is 0 Å². The molecule has 2 atom stereocenters. The Morgan fingerprint density at radius 1 is 0.853 bits per heavy atom. The number of carbonyl (C=O) groups is 1. The van der Waals surface area contributed by atoms with E-state index in [-0.39, 0.29) is 24.6 Å². The summed E-state index contributed by atoms with van der Waals surface area (Å²) in [5.41, 5.74) is 0. The molecule has 2 saturated carbocycles. The van der Waals surface area contributed by atoms with Gasteiger partial charge in [0.15, 0.2) is 0 Å². The van der Waals surface area contributed by atoms with Crippen molar-refractivity contribution in [2.24, 2.45) is 11.8 Å². The SMILES string of the molecule is CCCCCCCCCC(C(=O)OCCOC1CCC(F)CC1)C(CC1CCC(F)CC1)OO. The fourth-order valence-corrected chi connectivity index (χ4v) is 5.40. The van der Waals surface area contributed by atoms with E-state index in [9.17, 15) is 18.8 Å². The summed E-state index contributed by atoms with van der Waals surface area (Å²) in [5.74, 6) is -0.645. The molecule has 2 rings (SSSR count). The van der Waals surface area contributed by atoms with Crippen LogP contribution >= 0.6 is 0 Å². The summed E-state index contributed by atoms with van der Waals surface area (Å²) in [6, 6.07) is 0. The van der Waals surface area contributed by atoms with Crippen LogP contribution in [0.25, 0.3) is 0 Å². The zero-order valence-electron chi connectivity index (χ0n) is 21.2. The van der Waals surface area contributed by atoms with Crippen molar-refractivity contribution in [2.75, 3.05) is 13.2 Å². The first kappa shape index (κ1) is 29.4. The van der Waals surface area contributed by atoms with Crippen LogP contribution in [-0.2, 0) is 19.2 Å². The Bertz CT molecular complexity index is 519. The summed E-state index contributed by atoms with van der Waals surface area (Å²) >= 11 is 0. The Morgan fingerprint density at radius 3 is 2.06 bits per heavy atom. The molecule has 34 heavy (non-hydrogen) atoms. The molecular formula is C27H48F2O5. The minimum atomic E-state index is -0.738. The maximum Gasteiger partial charge on any atom is 0.311 e. The molecule has 0 amide bonds. The van der Waals surface area contributed by atoms with Crippen molar-refractivity contribution in [3.05, 3.63) is 0 Å². The first-order chi connectivity index (χ1) is 16.5. The predicted octanol–water partition coefficient (Wildman–Crippen LogP) is 7.36. The normalized spacial score (nSPS) is 27.3. The fourth-order valence-electron chi connectivity index (χ4n) is 5.40. The van der Waals surface area contributed by atoms with E-state index in [0.29, 0.717) is 58.0 Å². The van der Waals surface area contributed by atoms with Gasteiger partial charge in [-0.1, -0.05) is 51.9 Å². The second-order valence-electron chi connectivity index (χ2n) is 10.4. The Balaban J connectivity index is 1.79. The van der Waals surface area contributed by atoms with Gasteiger partial charge in [0.2, 0.25) is 0 Å². The van der Waals surface area contributed by atoms with Gasteiger partial charge in [-0.15, -0.1) is 0 Å². The minimum Gasteiger partial charge on any atom is -0.463 e. The monoisotopic (exact) mass is 490 g/mol. The number of alkyl halides is 2. The molecule has 0 aromatic rings. The fraction of sp³-hybridized carbons (Fsp3) is 0.963. The number of halogens is 2. The van der Waals surface area contributed by atoms with Crippen molar-refractivity contribution < 1.29 is 33.2 Å². The molecule has 0 aromatic heterocycles. The Morgan fingerprint density at radius 2 is 1.44 bits per heavy atom. The zero-order chi connectivity index (χ0) is 24.6. The van der Waals surface area contributed by atoms with Gasteiger partial charge in [0, 0.05) is 0 Å². The summed E-state index contributed by atoms with van der Waals surface area (Å²) in [6.45, 7) is 2.64. The number of hydrogen-bond donors (Lipinski definition) is 1. The van der Waals surface area contributed by atoms with Crippen molar-refractivity contribution in [1.29, 1.82) is 0 Å². The molecule has 0 heterocycles. The molecule has 0 aliphatic heterocycles. The van der Waals surface area contributed by atoms with Crippen LogP contribution in [0.2, 0.25) is 0 Å². The van der Waals surface area contributed by atoms with Crippen LogP contribution in [0.1, 0.15) is 116 Å². The molecule has 0 aromatic carbocycles. The number of esters is 1. The van der Waals surface area contributed by atoms with Crippen molar-refractivity contribution >= 4 is 5.97 Å². The number of unbranched alkanes of at least 4 members (excludes halogenated alkanes) is 6. The second kappa shape index (κ2) is 17.6. The summed E-state index contributed by atoms with van der Waals surface area (Å²) in [7, 11) is 0. The highest BCUT2D eigenvalue weighted by molar-refractivity contribution is 5.73. The average molecular weight is 491 g/mol. The molecule has 2 aliphatic rings. The highest BCUT2D eigenvalue weighted by Gasteiger charge is 2.34. The van der Waals surface area contributed by atoms with Crippen molar-refractivity contribution in [3.8, 4) is 0 Å². The number of ether oxygens (including phenoxy) is 2. The maximum absolute atomic E-state index is 13.5. The molecule has 0 saturated heterocycles. The Labute approximate surface area is 205 Å². The summed E-state index contributed by atoms with van der Waals surface area (Å²) in [6.07, 6.45) is 12.2. The summed E-state index contributed by atoms with van der Waals surface area (Å²) in [4.78, 5) is 17.8. The van der Waals surface area contributed by atoms with Crippen molar-refractivity contribution in [1.82, 2.24) is 0 Å². The third kappa shape index (κ3) is 11.8. The van der Waals surface area contributed by atoms with E-state index in [4.69, 9.17) is 14.4 Å². The van der Waals surface area contributed by atoms with Gasteiger partial charge in [-0.25, -0.2) is 13.7 Å². The van der Waals surface area contributed by atoms with Crippen LogP contribution in [0.15, 0.2) is 0 Å². The van der Waals surface area contributed by atoms with E-state index in [1.54, 1.807) is 0 Å². The van der Waals surface area contributed by atoms with Crippen molar-refractivity contribution in [2.45, 2.75) is 141 Å². The standard InChI is InChI=1S/C27H48F2O5/c1-2-3-4-5-6-7-8-9-25(26(34-31)20-21-10-12-22(28)13-11-21)27(30)33-19-18-32-24-16-14-23(29)15-17-24/h21-26,31H,2-20H2,1H3. The smallest absolute Gasteiger partial charge is 0.311 e. The predicted molar refractivity (Wildman–Crippen MR) is 129 cm³/mol. The number of carbonyl (C=O) groups excluding carboxylic acids is 1. The lowest BCUT2D eigenvalue weighted by atomic mass is 9.81. The third-order valence-electron chi connectivity index (χ3n) is 7.63. The highest BCUT2D eigenvalue weighted by atomic mass is 19.1. The van der Waals surface area contributed by atoms with Gasteiger partial charge in [-0.3, -0.25) is 10.1 Å². The van der Waals surface area contributed by atoms with Crippen LogP contribution in [0.5, 0.6) is 0 Å². The van der Waals surface area contributed by atoms with Crippen LogP contribution in [0.4, 0.5) is 8.78 Å². The zero-order valence-corrected chi connectivity index (χ0v) is 21.2. The minimum absolute atomic E-state index is 0.0355. The van der Waals surface area contributed by atoms with Crippen LogP contribution in [-0.4, -0.2) is 49.0 Å². The highest BCUT2D eigenvalue weighted by Crippen LogP contribution is 2.33. The number of rotatable bonds is 17. The Hall–Kier alpha value is -0.790. The lowest BCUT2D eigenvalue weighted by Gasteiger charge is -2.30. The number of hydrogen-bond acceptors (Lipinski definition) is 5. The quantitative estimate of drug-likeness (QED) is 0.0998. The van der Waals surface area contributed by atoms with E-state index in [1.165, 1.54) is 25.7 Å². The Kier molecular flexibility index (Phi) is 15.2. The molecule has 0 bridgehead atoms. The van der Waals surface area contributed by atoms with Gasteiger partial charge in [-0.05, 0) is 70.1 Å². The molecule has 1 N–H and O–H groups in total. The molecule has 2 fully saturated rings. The van der Waals surface area contributed by atoms with Gasteiger partial charge in [0.25, 0.3) is 0 Å². The summed E-state index contributed by atoms with van der Waals surface area (Å²) < 4.78 is 38.1. The molecule has 0 radical (unpaired) electrons. The van der Waals surface area contributed by atoms with Gasteiger partial charge in [0.1, 0.15) is 25.1 Å². The van der Waals surface area contributed by atoms with Crippen LogP contribution in [0, 0.1) is 11.8 Å². The van der Waals surface area contributed by atoms with E-state index in [0.717, 1.165) is 32.1 Å². The molecule has 200 valence electrons. The van der Waals surface area contributed by atoms with Crippen LogP contribution in [0.3, 0.4) is 0 Å². The molecule has 5 nitrogen and oxygen atoms in total.